The van der Waals surface area contributed by atoms with Crippen LogP contribution in [-0.4, -0.2) is 73.2 Å². The number of aromatic amines is 1. The largest absolute Gasteiger partial charge is 0.379 e. The molecule has 0 spiro atoms. The first-order chi connectivity index (χ1) is 18.0. The maximum atomic E-state index is 13.3. The molecular weight excluding hydrogens is 466 g/mol. The summed E-state index contributed by atoms with van der Waals surface area (Å²) in [5.41, 5.74) is 5.46. The zero-order valence-corrected chi connectivity index (χ0v) is 21.2. The number of benzene rings is 2. The zero-order chi connectivity index (χ0) is 25.5. The van der Waals surface area contributed by atoms with E-state index < -0.39 is 0 Å². The van der Waals surface area contributed by atoms with Gasteiger partial charge >= 0.3 is 0 Å². The van der Waals surface area contributed by atoms with Crippen LogP contribution < -0.4 is 10.2 Å². The van der Waals surface area contributed by atoms with Crippen LogP contribution in [0.15, 0.2) is 54.9 Å². The van der Waals surface area contributed by atoms with Crippen molar-refractivity contribution >= 4 is 50.5 Å². The number of aryl methyl sites for hydroxylation is 1. The number of aromatic nitrogens is 2. The van der Waals surface area contributed by atoms with Gasteiger partial charge in [-0.25, -0.2) is 0 Å². The Kier molecular flexibility index (Phi) is 6.06. The Labute approximate surface area is 215 Å². The Morgan fingerprint density at radius 2 is 1.62 bits per heavy atom. The van der Waals surface area contributed by atoms with Crippen LogP contribution in [0.25, 0.3) is 33.0 Å². The van der Waals surface area contributed by atoms with Gasteiger partial charge in [0, 0.05) is 80.1 Å². The van der Waals surface area contributed by atoms with Crippen molar-refractivity contribution in [2.75, 3.05) is 51.8 Å². The third-order valence-electron chi connectivity index (χ3n) is 7.40. The van der Waals surface area contributed by atoms with Gasteiger partial charge in [0.05, 0.1) is 35.6 Å². The summed E-state index contributed by atoms with van der Waals surface area (Å²) in [5.74, 6) is -0.713. The summed E-state index contributed by atoms with van der Waals surface area (Å²) in [7, 11) is 4.06. The zero-order valence-electron chi connectivity index (χ0n) is 21.2. The first-order valence-corrected chi connectivity index (χ1v) is 12.8. The van der Waals surface area contributed by atoms with Gasteiger partial charge in [0.25, 0.3) is 11.8 Å². The summed E-state index contributed by atoms with van der Waals surface area (Å²) in [6, 6.07) is 14.0. The first-order valence-electron chi connectivity index (χ1n) is 12.8. The van der Waals surface area contributed by atoms with Crippen molar-refractivity contribution in [1.82, 2.24) is 19.8 Å². The van der Waals surface area contributed by atoms with E-state index in [2.05, 4.69) is 36.9 Å². The van der Waals surface area contributed by atoms with Crippen LogP contribution in [0.5, 0.6) is 0 Å². The standard InChI is InChI=1S/C29H31N5O3/c1-32(2)24-10-5-8-20-22(18-34(27(20)24)12-6-11-33-13-15-37-16-14-33)26-25(28(35)31-29(26)36)21-17-30-23-9-4-3-7-19(21)23/h3-5,7-10,17-18,30H,6,11-16H2,1-2H3,(H,31,35,36). The average molecular weight is 498 g/mol. The van der Waals surface area contributed by atoms with Gasteiger partial charge in [-0.3, -0.25) is 19.8 Å². The van der Waals surface area contributed by atoms with E-state index in [9.17, 15) is 9.59 Å². The maximum Gasteiger partial charge on any atom is 0.259 e. The van der Waals surface area contributed by atoms with E-state index in [-0.39, 0.29) is 11.8 Å². The lowest BCUT2D eigenvalue weighted by Crippen LogP contribution is -2.37. The second-order valence-corrected chi connectivity index (χ2v) is 9.89. The molecule has 190 valence electrons. The lowest BCUT2D eigenvalue weighted by molar-refractivity contribution is -0.122. The number of H-pyrrole nitrogens is 1. The Balaban J connectivity index is 1.48. The number of hydrogen-bond acceptors (Lipinski definition) is 5. The minimum atomic E-state index is -0.360. The summed E-state index contributed by atoms with van der Waals surface area (Å²) in [4.78, 5) is 34.2. The highest BCUT2D eigenvalue weighted by Crippen LogP contribution is 2.40. The van der Waals surface area contributed by atoms with E-state index in [0.717, 1.165) is 84.4 Å². The van der Waals surface area contributed by atoms with E-state index >= 15 is 0 Å². The van der Waals surface area contributed by atoms with Crippen LogP contribution >= 0.6 is 0 Å². The highest BCUT2D eigenvalue weighted by Gasteiger charge is 2.35. The number of fused-ring (bicyclic) bond motifs is 2. The highest BCUT2D eigenvalue weighted by atomic mass is 16.5. The van der Waals surface area contributed by atoms with Crippen LogP contribution in [0, 0.1) is 0 Å². The molecule has 4 aromatic rings. The number of carbonyl (C=O) groups excluding carboxylic acids is 2. The average Bonchev–Trinajstić information content (AvgIpc) is 3.57. The van der Waals surface area contributed by atoms with E-state index in [1.807, 2.05) is 56.7 Å². The van der Waals surface area contributed by atoms with E-state index in [1.165, 1.54) is 0 Å². The number of hydrogen-bond donors (Lipinski definition) is 2. The molecule has 4 heterocycles. The molecule has 0 unspecified atom stereocenters. The minimum absolute atomic E-state index is 0.354. The van der Waals surface area contributed by atoms with Crippen LogP contribution in [0.1, 0.15) is 17.5 Å². The molecule has 0 atom stereocenters. The van der Waals surface area contributed by atoms with Crippen molar-refractivity contribution in [3.8, 4) is 0 Å². The molecule has 6 rings (SSSR count). The maximum absolute atomic E-state index is 13.3. The Hall–Kier alpha value is -3.88. The molecule has 0 aliphatic carbocycles. The Morgan fingerprint density at radius 3 is 2.41 bits per heavy atom. The summed E-state index contributed by atoms with van der Waals surface area (Å²) >= 11 is 0. The molecule has 0 saturated carbocycles. The second kappa shape index (κ2) is 9.53. The normalized spacial score (nSPS) is 16.8. The summed E-state index contributed by atoms with van der Waals surface area (Å²) < 4.78 is 7.73. The number of nitrogens with one attached hydrogen (secondary N) is 2. The number of nitrogens with zero attached hydrogens (tertiary/aromatic N) is 3. The number of ether oxygens (including phenoxy) is 1. The number of carbonyl (C=O) groups is 2. The van der Waals surface area contributed by atoms with E-state index in [4.69, 9.17) is 4.74 Å². The molecule has 8 nitrogen and oxygen atoms in total. The van der Waals surface area contributed by atoms with Gasteiger partial charge in [0.2, 0.25) is 0 Å². The Bertz CT molecular complexity index is 1540. The number of imide groups is 1. The molecular formula is C29H31N5O3. The van der Waals surface area contributed by atoms with Crippen molar-refractivity contribution in [3.05, 3.63) is 66.0 Å². The fourth-order valence-corrected chi connectivity index (χ4v) is 5.61. The van der Waals surface area contributed by atoms with Crippen molar-refractivity contribution < 1.29 is 14.3 Å². The van der Waals surface area contributed by atoms with Crippen LogP contribution in [0.3, 0.4) is 0 Å². The van der Waals surface area contributed by atoms with Gasteiger partial charge in [0.1, 0.15) is 0 Å². The first kappa shape index (κ1) is 23.5. The van der Waals surface area contributed by atoms with Crippen molar-refractivity contribution in [2.45, 2.75) is 13.0 Å². The van der Waals surface area contributed by atoms with Crippen molar-refractivity contribution in [1.29, 1.82) is 0 Å². The predicted molar refractivity (Wildman–Crippen MR) is 146 cm³/mol. The number of anilines is 1. The van der Waals surface area contributed by atoms with Crippen LogP contribution in [0.2, 0.25) is 0 Å². The molecule has 2 aromatic carbocycles. The topological polar surface area (TPSA) is 82.6 Å². The quantitative estimate of drug-likeness (QED) is 0.382. The summed E-state index contributed by atoms with van der Waals surface area (Å²) in [5, 5.41) is 4.45. The van der Waals surface area contributed by atoms with Crippen molar-refractivity contribution in [2.24, 2.45) is 0 Å². The molecule has 0 bridgehead atoms. The molecule has 8 heteroatoms. The number of amides is 2. The fourth-order valence-electron chi connectivity index (χ4n) is 5.61. The molecule has 2 amide bonds. The van der Waals surface area contributed by atoms with Crippen LogP contribution in [0.4, 0.5) is 5.69 Å². The van der Waals surface area contributed by atoms with Gasteiger partial charge in [-0.2, -0.15) is 0 Å². The number of para-hydroxylation sites is 2. The second-order valence-electron chi connectivity index (χ2n) is 9.89. The summed E-state index contributed by atoms with van der Waals surface area (Å²) in [6.07, 6.45) is 4.86. The Morgan fingerprint density at radius 1 is 0.892 bits per heavy atom. The molecule has 37 heavy (non-hydrogen) atoms. The van der Waals surface area contributed by atoms with Gasteiger partial charge in [0.15, 0.2) is 0 Å². The number of rotatable bonds is 7. The molecule has 2 aliphatic rings. The summed E-state index contributed by atoms with van der Waals surface area (Å²) in [6.45, 7) is 5.30. The highest BCUT2D eigenvalue weighted by molar-refractivity contribution is 6.50. The predicted octanol–water partition coefficient (Wildman–Crippen LogP) is 3.48. The monoisotopic (exact) mass is 497 g/mol. The lowest BCUT2D eigenvalue weighted by atomic mass is 9.95. The lowest BCUT2D eigenvalue weighted by Gasteiger charge is -2.26. The third-order valence-corrected chi connectivity index (χ3v) is 7.40. The van der Waals surface area contributed by atoms with E-state index in [0.29, 0.717) is 11.1 Å². The third kappa shape index (κ3) is 4.12. The molecule has 2 aliphatic heterocycles. The minimum Gasteiger partial charge on any atom is -0.379 e. The van der Waals surface area contributed by atoms with Crippen LogP contribution in [-0.2, 0) is 20.9 Å². The molecule has 2 N–H and O–H groups in total. The van der Waals surface area contributed by atoms with Gasteiger partial charge in [-0.1, -0.05) is 30.3 Å². The van der Waals surface area contributed by atoms with E-state index in [1.54, 1.807) is 0 Å². The molecule has 2 aromatic heterocycles. The molecule has 1 fully saturated rings. The molecule has 0 radical (unpaired) electrons. The van der Waals surface area contributed by atoms with Gasteiger partial charge < -0.3 is 19.2 Å². The van der Waals surface area contributed by atoms with Gasteiger partial charge in [-0.15, -0.1) is 0 Å². The van der Waals surface area contributed by atoms with Gasteiger partial charge in [-0.05, 0) is 18.6 Å². The number of morpholine rings is 1. The SMILES string of the molecule is CN(C)c1cccc2c(C3=C(c4c[nH]c5ccccc45)C(=O)NC3=O)cn(CCCN3CCOCC3)c12. The van der Waals surface area contributed by atoms with Crippen molar-refractivity contribution in [3.63, 3.8) is 0 Å². The smallest absolute Gasteiger partial charge is 0.259 e. The molecule has 1 saturated heterocycles. The fraction of sp³-hybridized carbons (Fsp3) is 0.310.